The van der Waals surface area contributed by atoms with E-state index in [9.17, 15) is 14.4 Å². The van der Waals surface area contributed by atoms with Crippen LogP contribution in [0.2, 0.25) is 0 Å². The maximum absolute atomic E-state index is 11.7. The molecule has 5 nitrogen and oxygen atoms in total. The molecule has 1 heterocycles. The summed E-state index contributed by atoms with van der Waals surface area (Å²) in [7, 11) is 0. The lowest BCUT2D eigenvalue weighted by Crippen LogP contribution is -2.27. The van der Waals surface area contributed by atoms with Crippen molar-refractivity contribution >= 4 is 34.5 Å². The van der Waals surface area contributed by atoms with E-state index in [2.05, 4.69) is 10.6 Å². The van der Waals surface area contributed by atoms with Crippen molar-refractivity contribution in [2.45, 2.75) is 18.6 Å². The molecule has 6 heteroatoms. The van der Waals surface area contributed by atoms with Gasteiger partial charge in [-0.3, -0.25) is 19.7 Å². The van der Waals surface area contributed by atoms with Crippen molar-refractivity contribution in [1.82, 2.24) is 5.32 Å². The van der Waals surface area contributed by atoms with Crippen LogP contribution in [0, 0.1) is 6.92 Å². The molecule has 0 aromatic heterocycles. The maximum atomic E-state index is 11.7. The standard InChI is InChI=1S/C12H12N2O3S/c1-7-2-4-8(5-3-7)13-10(15)6-9-11(16)14-12(17)18-9/h2-5,9H,6H2,1H3,(H,13,15)(H,14,16,17)/t9-/m0/s1. The molecule has 94 valence electrons. The molecule has 1 aliphatic rings. The van der Waals surface area contributed by atoms with E-state index in [1.165, 1.54) is 0 Å². The summed E-state index contributed by atoms with van der Waals surface area (Å²) in [5, 5.41) is 3.82. The van der Waals surface area contributed by atoms with Crippen LogP contribution < -0.4 is 10.6 Å². The van der Waals surface area contributed by atoms with Crippen LogP contribution in [0.5, 0.6) is 0 Å². The Morgan fingerprint density at radius 2 is 2.00 bits per heavy atom. The predicted octanol–water partition coefficient (Wildman–Crippen LogP) is 1.68. The third-order valence-electron chi connectivity index (χ3n) is 2.47. The molecule has 2 rings (SSSR count). The zero-order valence-corrected chi connectivity index (χ0v) is 10.5. The first-order chi connectivity index (χ1) is 8.54. The van der Waals surface area contributed by atoms with E-state index in [0.717, 1.165) is 17.3 Å². The zero-order valence-electron chi connectivity index (χ0n) is 9.73. The number of thioether (sulfide) groups is 1. The summed E-state index contributed by atoms with van der Waals surface area (Å²) >= 11 is 0.855. The molecule has 1 aromatic carbocycles. The summed E-state index contributed by atoms with van der Waals surface area (Å²) in [5.74, 6) is -0.676. The summed E-state index contributed by atoms with van der Waals surface area (Å²) in [6.45, 7) is 1.96. The second-order valence-electron chi connectivity index (χ2n) is 4.00. The second kappa shape index (κ2) is 5.22. The maximum Gasteiger partial charge on any atom is 0.286 e. The summed E-state index contributed by atoms with van der Waals surface area (Å²) in [5.41, 5.74) is 1.78. The van der Waals surface area contributed by atoms with Gasteiger partial charge in [0.25, 0.3) is 5.24 Å². The van der Waals surface area contributed by atoms with Crippen molar-refractivity contribution in [3.63, 3.8) is 0 Å². The Kier molecular flexibility index (Phi) is 3.66. The van der Waals surface area contributed by atoms with Gasteiger partial charge in [-0.1, -0.05) is 29.5 Å². The van der Waals surface area contributed by atoms with Crippen molar-refractivity contribution in [3.8, 4) is 0 Å². The lowest BCUT2D eigenvalue weighted by atomic mass is 10.2. The Balaban J connectivity index is 1.91. The first-order valence-electron chi connectivity index (χ1n) is 5.42. The first-order valence-corrected chi connectivity index (χ1v) is 6.30. The summed E-state index contributed by atoms with van der Waals surface area (Å²) in [4.78, 5) is 33.9. The fourth-order valence-corrected chi connectivity index (χ4v) is 2.36. The van der Waals surface area contributed by atoms with Crippen molar-refractivity contribution in [2.75, 3.05) is 5.32 Å². The van der Waals surface area contributed by atoms with Gasteiger partial charge in [0.15, 0.2) is 0 Å². The third kappa shape index (κ3) is 3.10. The number of nitrogens with one attached hydrogen (secondary N) is 2. The van der Waals surface area contributed by atoms with Gasteiger partial charge in [-0.2, -0.15) is 0 Å². The SMILES string of the molecule is Cc1ccc(NC(=O)C[C@@H]2SC(=O)NC2=O)cc1. The van der Waals surface area contributed by atoms with Gasteiger partial charge in [0.05, 0.1) is 0 Å². The van der Waals surface area contributed by atoms with E-state index in [0.29, 0.717) is 5.69 Å². The van der Waals surface area contributed by atoms with Crippen molar-refractivity contribution < 1.29 is 14.4 Å². The molecule has 3 amide bonds. The largest absolute Gasteiger partial charge is 0.326 e. The van der Waals surface area contributed by atoms with Gasteiger partial charge in [-0.05, 0) is 19.1 Å². The van der Waals surface area contributed by atoms with Crippen LogP contribution in [0.1, 0.15) is 12.0 Å². The van der Waals surface area contributed by atoms with Crippen LogP contribution >= 0.6 is 11.8 Å². The van der Waals surface area contributed by atoms with Gasteiger partial charge < -0.3 is 5.32 Å². The van der Waals surface area contributed by atoms with Gasteiger partial charge in [0.1, 0.15) is 5.25 Å². The van der Waals surface area contributed by atoms with Crippen molar-refractivity contribution in [3.05, 3.63) is 29.8 Å². The number of carbonyl (C=O) groups excluding carboxylic acids is 3. The van der Waals surface area contributed by atoms with E-state index < -0.39 is 16.4 Å². The first kappa shape index (κ1) is 12.6. The van der Waals surface area contributed by atoms with E-state index in [-0.39, 0.29) is 12.3 Å². The van der Waals surface area contributed by atoms with Gasteiger partial charge in [-0.15, -0.1) is 0 Å². The van der Waals surface area contributed by atoms with Gasteiger partial charge >= 0.3 is 0 Å². The minimum absolute atomic E-state index is 0.00385. The molecule has 2 N–H and O–H groups in total. The summed E-state index contributed by atoms with van der Waals surface area (Å²) < 4.78 is 0. The number of carbonyl (C=O) groups is 3. The summed E-state index contributed by atoms with van der Waals surface area (Å²) in [6.07, 6.45) is -0.00385. The van der Waals surface area contributed by atoms with Crippen LogP contribution in [0.3, 0.4) is 0 Å². The smallest absolute Gasteiger partial charge is 0.286 e. The normalized spacial score (nSPS) is 18.6. The monoisotopic (exact) mass is 264 g/mol. The highest BCUT2D eigenvalue weighted by molar-refractivity contribution is 8.15. The molecule has 0 spiro atoms. The van der Waals surface area contributed by atoms with Gasteiger partial charge in [0.2, 0.25) is 11.8 Å². The lowest BCUT2D eigenvalue weighted by Gasteiger charge is -2.07. The molecule has 1 fully saturated rings. The van der Waals surface area contributed by atoms with Crippen LogP contribution in [-0.2, 0) is 9.59 Å². The minimum atomic E-state index is -0.622. The number of aryl methyl sites for hydroxylation is 1. The fourth-order valence-electron chi connectivity index (χ4n) is 1.54. The fraction of sp³-hybridized carbons (Fsp3) is 0.250. The van der Waals surface area contributed by atoms with Crippen LogP contribution in [0.15, 0.2) is 24.3 Å². The van der Waals surface area contributed by atoms with Crippen molar-refractivity contribution in [1.29, 1.82) is 0 Å². The highest BCUT2D eigenvalue weighted by Gasteiger charge is 2.33. The molecule has 1 saturated heterocycles. The van der Waals surface area contributed by atoms with Crippen LogP contribution in [0.4, 0.5) is 10.5 Å². The van der Waals surface area contributed by atoms with Crippen LogP contribution in [-0.4, -0.2) is 22.3 Å². The molecular weight excluding hydrogens is 252 g/mol. The number of rotatable bonds is 3. The molecule has 0 aliphatic carbocycles. The highest BCUT2D eigenvalue weighted by Crippen LogP contribution is 2.22. The Labute approximate surface area is 108 Å². The number of imide groups is 1. The molecule has 0 unspecified atom stereocenters. The average Bonchev–Trinajstić information content (AvgIpc) is 2.61. The van der Waals surface area contributed by atoms with Gasteiger partial charge in [-0.25, -0.2) is 0 Å². The van der Waals surface area contributed by atoms with E-state index in [4.69, 9.17) is 0 Å². The van der Waals surface area contributed by atoms with Crippen molar-refractivity contribution in [2.24, 2.45) is 0 Å². The molecule has 18 heavy (non-hydrogen) atoms. The molecule has 1 atom stereocenters. The third-order valence-corrected chi connectivity index (χ3v) is 3.45. The number of anilines is 1. The van der Waals surface area contributed by atoms with E-state index >= 15 is 0 Å². The zero-order chi connectivity index (χ0) is 13.1. The Bertz CT molecular complexity index is 499. The quantitative estimate of drug-likeness (QED) is 0.871. The van der Waals surface area contributed by atoms with E-state index in [1.807, 2.05) is 19.1 Å². The highest BCUT2D eigenvalue weighted by atomic mass is 32.2. The Morgan fingerprint density at radius 3 is 2.56 bits per heavy atom. The number of benzene rings is 1. The van der Waals surface area contributed by atoms with Gasteiger partial charge in [0, 0.05) is 12.1 Å². The number of amides is 3. The van der Waals surface area contributed by atoms with Crippen LogP contribution in [0.25, 0.3) is 0 Å². The van der Waals surface area contributed by atoms with E-state index in [1.54, 1.807) is 12.1 Å². The molecular formula is C12H12N2O3S. The Morgan fingerprint density at radius 1 is 1.33 bits per heavy atom. The molecule has 1 aliphatic heterocycles. The predicted molar refractivity (Wildman–Crippen MR) is 69.3 cm³/mol. The number of hydrogen-bond donors (Lipinski definition) is 2. The molecule has 0 saturated carbocycles. The summed E-state index contributed by atoms with van der Waals surface area (Å²) in [6, 6.07) is 7.35. The minimum Gasteiger partial charge on any atom is -0.326 e. The molecule has 0 bridgehead atoms. The second-order valence-corrected chi connectivity index (χ2v) is 5.18. The Hall–Kier alpha value is -1.82. The number of hydrogen-bond acceptors (Lipinski definition) is 4. The molecule has 0 radical (unpaired) electrons. The lowest BCUT2D eigenvalue weighted by molar-refractivity contribution is -0.122. The topological polar surface area (TPSA) is 75.3 Å². The molecule has 1 aromatic rings. The average molecular weight is 264 g/mol.